The number of hydrogen-bond acceptors (Lipinski definition) is 6. The van der Waals surface area contributed by atoms with Gasteiger partial charge in [0.1, 0.15) is 23.0 Å². The molecule has 5 rings (SSSR count). The van der Waals surface area contributed by atoms with E-state index in [1.54, 1.807) is 65.9 Å². The summed E-state index contributed by atoms with van der Waals surface area (Å²) in [5, 5.41) is 17.3. The quantitative estimate of drug-likeness (QED) is 0.208. The van der Waals surface area contributed by atoms with E-state index in [4.69, 9.17) is 5.10 Å². The minimum Gasteiger partial charge on any atom is -0.315 e. The van der Waals surface area contributed by atoms with Crippen molar-refractivity contribution < 1.29 is 13.2 Å². The number of nitriles is 1. The van der Waals surface area contributed by atoms with Gasteiger partial charge in [0.15, 0.2) is 0 Å². The molecule has 44 heavy (non-hydrogen) atoms. The second-order valence-electron chi connectivity index (χ2n) is 10.1. The second-order valence-corrected chi connectivity index (χ2v) is 12.2. The Morgan fingerprint density at radius 2 is 1.61 bits per heavy atom. The van der Waals surface area contributed by atoms with Crippen LogP contribution in [0.4, 0.5) is 5.69 Å². The van der Waals surface area contributed by atoms with Crippen LogP contribution in [-0.4, -0.2) is 51.9 Å². The van der Waals surface area contributed by atoms with E-state index >= 15 is 0 Å². The van der Waals surface area contributed by atoms with Gasteiger partial charge in [0.25, 0.3) is 11.5 Å². The number of amides is 1. The van der Waals surface area contributed by atoms with Crippen LogP contribution in [-0.2, 0) is 21.9 Å². The molecule has 0 unspecified atom stereocenters. The van der Waals surface area contributed by atoms with Crippen molar-refractivity contribution in [2.45, 2.75) is 11.8 Å². The fourth-order valence-corrected chi connectivity index (χ4v) is 5.59. The molecule has 1 amide bonds. The van der Waals surface area contributed by atoms with E-state index in [1.807, 2.05) is 42.5 Å². The number of sulfonamides is 1. The molecular weight excluding hydrogens is 578 g/mol. The molecule has 0 saturated heterocycles. The first-order valence-corrected chi connectivity index (χ1v) is 14.9. The van der Waals surface area contributed by atoms with Crippen molar-refractivity contribution in [1.82, 2.24) is 23.4 Å². The van der Waals surface area contributed by atoms with Crippen LogP contribution in [0.3, 0.4) is 0 Å². The van der Waals surface area contributed by atoms with E-state index in [1.165, 1.54) is 37.0 Å². The molecule has 0 bridgehead atoms. The van der Waals surface area contributed by atoms with Crippen molar-refractivity contribution in [3.63, 3.8) is 0 Å². The first-order valence-electron chi connectivity index (χ1n) is 13.5. The Kier molecular flexibility index (Phi) is 8.17. The van der Waals surface area contributed by atoms with Crippen LogP contribution in [0.15, 0.2) is 106 Å². The van der Waals surface area contributed by atoms with Gasteiger partial charge in [0.2, 0.25) is 10.0 Å². The summed E-state index contributed by atoms with van der Waals surface area (Å²) in [6, 6.07) is 26.4. The third kappa shape index (κ3) is 5.61. The molecule has 5 aromatic rings. The molecule has 0 atom stereocenters. The van der Waals surface area contributed by atoms with Gasteiger partial charge in [-0.2, -0.15) is 10.4 Å². The molecular formula is C32H29N7O4S. The molecule has 3 aromatic carbocycles. The lowest BCUT2D eigenvalue weighted by Gasteiger charge is -2.12. The van der Waals surface area contributed by atoms with Crippen molar-refractivity contribution in [2.24, 2.45) is 7.05 Å². The standard InChI is InChI=1S/C32H29N7O4S/c1-22-29(32(41)39(37(22)4)27-15-9-6-10-16-27)34-31(40)24(20-33)18-25-21-38(26-13-7-5-8-14-26)35-30(25)23-12-11-17-28(19-23)44(42,43)36(2)3/h5-19,21H,1-4H3,(H,34,40). The number of aromatic nitrogens is 4. The summed E-state index contributed by atoms with van der Waals surface area (Å²) in [5.74, 6) is -0.777. The lowest BCUT2D eigenvalue weighted by Crippen LogP contribution is -2.23. The number of carbonyl (C=O) groups is 1. The smallest absolute Gasteiger partial charge is 0.295 e. The molecule has 0 aliphatic carbocycles. The Labute approximate surface area is 254 Å². The first kappa shape index (κ1) is 30.0. The van der Waals surface area contributed by atoms with Crippen LogP contribution in [0, 0.1) is 18.3 Å². The maximum atomic E-state index is 13.4. The largest absolute Gasteiger partial charge is 0.315 e. The number of rotatable bonds is 8. The third-order valence-corrected chi connectivity index (χ3v) is 8.92. The van der Waals surface area contributed by atoms with Crippen molar-refractivity contribution in [3.05, 3.63) is 118 Å². The maximum Gasteiger partial charge on any atom is 0.295 e. The van der Waals surface area contributed by atoms with E-state index in [-0.39, 0.29) is 16.2 Å². The number of para-hydroxylation sites is 2. The Morgan fingerprint density at radius 1 is 0.977 bits per heavy atom. The summed E-state index contributed by atoms with van der Waals surface area (Å²) in [6.45, 7) is 1.70. The highest BCUT2D eigenvalue weighted by molar-refractivity contribution is 7.89. The summed E-state index contributed by atoms with van der Waals surface area (Å²) in [5.41, 5.74) is 2.38. The van der Waals surface area contributed by atoms with Crippen LogP contribution >= 0.6 is 0 Å². The molecule has 0 spiro atoms. The van der Waals surface area contributed by atoms with Crippen LogP contribution in [0.1, 0.15) is 11.3 Å². The van der Waals surface area contributed by atoms with E-state index in [9.17, 15) is 23.3 Å². The van der Waals surface area contributed by atoms with Crippen molar-refractivity contribution in [2.75, 3.05) is 19.4 Å². The van der Waals surface area contributed by atoms with E-state index in [0.717, 1.165) is 9.99 Å². The number of anilines is 1. The average molecular weight is 608 g/mol. The molecule has 0 fully saturated rings. The van der Waals surface area contributed by atoms with Gasteiger partial charge in [-0.3, -0.25) is 14.3 Å². The lowest BCUT2D eigenvalue weighted by molar-refractivity contribution is -0.112. The van der Waals surface area contributed by atoms with E-state index in [2.05, 4.69) is 5.32 Å². The topological polar surface area (TPSA) is 135 Å². The predicted molar refractivity (Wildman–Crippen MR) is 168 cm³/mol. The van der Waals surface area contributed by atoms with Gasteiger partial charge in [-0.15, -0.1) is 0 Å². The molecule has 2 aromatic heterocycles. The van der Waals surface area contributed by atoms with Gasteiger partial charge in [0, 0.05) is 38.5 Å². The monoisotopic (exact) mass is 607 g/mol. The third-order valence-electron chi connectivity index (χ3n) is 7.11. The second kappa shape index (κ2) is 12.0. The molecule has 0 aliphatic heterocycles. The summed E-state index contributed by atoms with van der Waals surface area (Å²) in [6.07, 6.45) is 3.02. The van der Waals surface area contributed by atoms with Gasteiger partial charge in [0.05, 0.1) is 22.0 Å². The van der Waals surface area contributed by atoms with Crippen molar-refractivity contribution >= 4 is 27.7 Å². The molecule has 2 heterocycles. The summed E-state index contributed by atoms with van der Waals surface area (Å²) in [4.78, 5) is 26.8. The van der Waals surface area contributed by atoms with E-state index in [0.29, 0.717) is 28.2 Å². The zero-order chi connectivity index (χ0) is 31.6. The summed E-state index contributed by atoms with van der Waals surface area (Å²) in [7, 11) is 0.857. The van der Waals surface area contributed by atoms with Crippen molar-refractivity contribution in [1.29, 1.82) is 5.26 Å². The molecule has 0 aliphatic rings. The molecule has 12 heteroatoms. The van der Waals surface area contributed by atoms with Gasteiger partial charge < -0.3 is 5.32 Å². The lowest BCUT2D eigenvalue weighted by atomic mass is 10.1. The SMILES string of the molecule is Cc1c(NC(=O)C(C#N)=Cc2cn(-c3ccccc3)nc2-c2cccc(S(=O)(=O)N(C)C)c2)c(=O)n(-c2ccccc2)n1C. The predicted octanol–water partition coefficient (Wildman–Crippen LogP) is 4.13. The number of benzene rings is 3. The zero-order valence-corrected chi connectivity index (χ0v) is 25.3. The van der Waals surface area contributed by atoms with Crippen LogP contribution in [0.25, 0.3) is 28.7 Å². The average Bonchev–Trinajstić information content (AvgIpc) is 3.55. The minimum absolute atomic E-state index is 0.0456. The highest BCUT2D eigenvalue weighted by Gasteiger charge is 2.22. The highest BCUT2D eigenvalue weighted by atomic mass is 32.2. The summed E-state index contributed by atoms with van der Waals surface area (Å²) >= 11 is 0. The fourth-order valence-electron chi connectivity index (χ4n) is 4.64. The number of hydrogen-bond donors (Lipinski definition) is 1. The molecule has 11 nitrogen and oxygen atoms in total. The molecule has 0 radical (unpaired) electrons. The Hall–Kier alpha value is -5.51. The van der Waals surface area contributed by atoms with Gasteiger partial charge in [-0.05, 0) is 49.4 Å². The Balaban J connectivity index is 1.58. The molecule has 0 saturated carbocycles. The number of carbonyl (C=O) groups excluding carboxylic acids is 1. The molecule has 1 N–H and O–H groups in total. The normalized spacial score (nSPS) is 11.9. The Morgan fingerprint density at radius 3 is 2.23 bits per heavy atom. The molecule has 222 valence electrons. The van der Waals surface area contributed by atoms with Gasteiger partial charge in [-0.1, -0.05) is 48.5 Å². The summed E-state index contributed by atoms with van der Waals surface area (Å²) < 4.78 is 31.5. The number of nitrogens with zero attached hydrogens (tertiary/aromatic N) is 6. The van der Waals surface area contributed by atoms with Crippen LogP contribution in [0.5, 0.6) is 0 Å². The van der Waals surface area contributed by atoms with Crippen LogP contribution < -0.4 is 10.9 Å². The first-order chi connectivity index (χ1) is 21.0. The Bertz CT molecular complexity index is 2100. The van der Waals surface area contributed by atoms with Gasteiger partial charge >= 0.3 is 0 Å². The van der Waals surface area contributed by atoms with Crippen molar-refractivity contribution in [3.8, 4) is 28.7 Å². The maximum absolute atomic E-state index is 13.4. The highest BCUT2D eigenvalue weighted by Crippen LogP contribution is 2.28. The fraction of sp³-hybridized carbons (Fsp3) is 0.125. The number of nitrogens with one attached hydrogen (secondary N) is 1. The van der Waals surface area contributed by atoms with Gasteiger partial charge in [-0.25, -0.2) is 22.1 Å². The zero-order valence-electron chi connectivity index (χ0n) is 24.5. The van der Waals surface area contributed by atoms with E-state index < -0.39 is 21.5 Å². The minimum atomic E-state index is -3.74. The van der Waals surface area contributed by atoms with Crippen LogP contribution in [0.2, 0.25) is 0 Å².